The number of unbranched alkanes of at least 4 members (excludes halogenated alkanes) is 1. The van der Waals surface area contributed by atoms with E-state index in [0.29, 0.717) is 24.7 Å². The van der Waals surface area contributed by atoms with Gasteiger partial charge in [0.15, 0.2) is 0 Å². The molecule has 0 aromatic heterocycles. The van der Waals surface area contributed by atoms with Crippen molar-refractivity contribution in [3.63, 3.8) is 0 Å². The molecular weight excluding hydrogens is 200 g/mol. The maximum atomic E-state index is 10.1. The number of rotatable bonds is 7. The van der Waals surface area contributed by atoms with Crippen LogP contribution in [0, 0.1) is 30.1 Å². The van der Waals surface area contributed by atoms with E-state index in [9.17, 15) is 10.2 Å². The van der Waals surface area contributed by atoms with Crippen molar-refractivity contribution in [2.75, 3.05) is 0 Å². The normalized spacial score (nSPS) is 18.9. The first-order valence-electron chi connectivity index (χ1n) is 6.21. The Morgan fingerprint density at radius 2 is 1.69 bits per heavy atom. The summed E-state index contributed by atoms with van der Waals surface area (Å²) in [5, 5.41) is 19.9. The van der Waals surface area contributed by atoms with Crippen molar-refractivity contribution >= 4 is 0 Å². The van der Waals surface area contributed by atoms with E-state index < -0.39 is 12.2 Å². The molecule has 0 amide bonds. The van der Waals surface area contributed by atoms with Crippen molar-refractivity contribution in [1.29, 1.82) is 0 Å². The van der Waals surface area contributed by atoms with Crippen molar-refractivity contribution in [3.05, 3.63) is 0 Å². The van der Waals surface area contributed by atoms with Crippen LogP contribution in [0.5, 0.6) is 0 Å². The number of terminal acetylenes is 1. The lowest BCUT2D eigenvalue weighted by Crippen LogP contribution is -2.37. The molecule has 0 saturated carbocycles. The molecule has 0 aliphatic rings. The van der Waals surface area contributed by atoms with Gasteiger partial charge in [-0.1, -0.05) is 20.8 Å². The average molecular weight is 226 g/mol. The maximum Gasteiger partial charge on any atom is 0.0596 e. The first-order valence-corrected chi connectivity index (χ1v) is 6.21. The van der Waals surface area contributed by atoms with Gasteiger partial charge in [-0.3, -0.25) is 0 Å². The summed E-state index contributed by atoms with van der Waals surface area (Å²) >= 11 is 0. The lowest BCUT2D eigenvalue weighted by atomic mass is 9.77. The van der Waals surface area contributed by atoms with E-state index in [-0.39, 0.29) is 5.92 Å². The molecule has 0 saturated heterocycles. The smallest absolute Gasteiger partial charge is 0.0596 e. The maximum absolute atomic E-state index is 10.1. The van der Waals surface area contributed by atoms with Gasteiger partial charge in [0.25, 0.3) is 0 Å². The molecular formula is C14H26O2. The molecule has 16 heavy (non-hydrogen) atoms. The minimum atomic E-state index is -0.474. The Balaban J connectivity index is 4.36. The fourth-order valence-corrected chi connectivity index (χ4v) is 2.16. The first kappa shape index (κ1) is 15.5. The molecule has 2 nitrogen and oxygen atoms in total. The Morgan fingerprint density at radius 1 is 1.12 bits per heavy atom. The molecule has 2 heteroatoms. The predicted octanol–water partition coefficient (Wildman–Crippen LogP) is 2.44. The van der Waals surface area contributed by atoms with Gasteiger partial charge >= 0.3 is 0 Å². The lowest BCUT2D eigenvalue weighted by molar-refractivity contribution is -0.0218. The molecule has 0 radical (unpaired) electrons. The van der Waals surface area contributed by atoms with Crippen LogP contribution in [-0.2, 0) is 0 Å². The van der Waals surface area contributed by atoms with Gasteiger partial charge in [0.05, 0.1) is 12.2 Å². The molecule has 2 N–H and O–H groups in total. The Morgan fingerprint density at radius 3 is 2.06 bits per heavy atom. The summed E-state index contributed by atoms with van der Waals surface area (Å²) in [6, 6.07) is 0. The SMILES string of the molecule is C#CCCCC(O)C(C(C)C(C)C)[C@@H](C)O. The van der Waals surface area contributed by atoms with Crippen molar-refractivity contribution < 1.29 is 10.2 Å². The molecule has 0 aliphatic carbocycles. The van der Waals surface area contributed by atoms with Crippen LogP contribution >= 0.6 is 0 Å². The quantitative estimate of drug-likeness (QED) is 0.517. The van der Waals surface area contributed by atoms with Crippen molar-refractivity contribution in [1.82, 2.24) is 0 Å². The summed E-state index contributed by atoms with van der Waals surface area (Å²) < 4.78 is 0. The van der Waals surface area contributed by atoms with Gasteiger partial charge < -0.3 is 10.2 Å². The first-order chi connectivity index (χ1) is 7.41. The van der Waals surface area contributed by atoms with E-state index in [0.717, 1.165) is 6.42 Å². The molecule has 0 aromatic carbocycles. The van der Waals surface area contributed by atoms with Crippen LogP contribution < -0.4 is 0 Å². The standard InChI is InChI=1S/C14H26O2/c1-6-7-8-9-13(16)14(12(5)15)11(4)10(2)3/h1,10-16H,7-9H2,2-5H3/t11?,12-,13?,14?/m1/s1. The molecule has 0 aliphatic heterocycles. The van der Waals surface area contributed by atoms with E-state index in [1.807, 2.05) is 0 Å². The fraction of sp³-hybridized carbons (Fsp3) is 0.857. The molecule has 3 unspecified atom stereocenters. The molecule has 0 spiro atoms. The summed E-state index contributed by atoms with van der Waals surface area (Å²) in [6.45, 7) is 8.09. The molecule has 0 aromatic rings. The number of hydrogen-bond donors (Lipinski definition) is 2. The second kappa shape index (κ2) is 7.70. The highest BCUT2D eigenvalue weighted by molar-refractivity contribution is 4.85. The third kappa shape index (κ3) is 5.01. The molecule has 0 heterocycles. The average Bonchev–Trinajstić information content (AvgIpc) is 2.17. The Hall–Kier alpha value is -0.520. The van der Waals surface area contributed by atoms with E-state index in [1.165, 1.54) is 0 Å². The minimum absolute atomic E-state index is 0.0576. The van der Waals surface area contributed by atoms with Crippen molar-refractivity contribution in [2.24, 2.45) is 17.8 Å². The Labute approximate surface area is 100 Å². The second-order valence-electron chi connectivity index (χ2n) is 5.08. The highest BCUT2D eigenvalue weighted by atomic mass is 16.3. The second-order valence-corrected chi connectivity index (χ2v) is 5.08. The zero-order valence-corrected chi connectivity index (χ0v) is 11.0. The van der Waals surface area contributed by atoms with Crippen molar-refractivity contribution in [2.45, 2.75) is 59.2 Å². The number of hydrogen-bond acceptors (Lipinski definition) is 2. The van der Waals surface area contributed by atoms with Gasteiger partial charge in [0.1, 0.15) is 0 Å². The van der Waals surface area contributed by atoms with E-state index in [2.05, 4.69) is 26.7 Å². The van der Waals surface area contributed by atoms with Crippen LogP contribution in [0.4, 0.5) is 0 Å². The summed E-state index contributed by atoms with van der Waals surface area (Å²) in [7, 11) is 0. The summed E-state index contributed by atoms with van der Waals surface area (Å²) in [4.78, 5) is 0. The summed E-state index contributed by atoms with van der Waals surface area (Å²) in [5.74, 6) is 3.28. The van der Waals surface area contributed by atoms with Crippen LogP contribution in [0.15, 0.2) is 0 Å². The van der Waals surface area contributed by atoms with Gasteiger partial charge in [0.2, 0.25) is 0 Å². The fourth-order valence-electron chi connectivity index (χ4n) is 2.16. The minimum Gasteiger partial charge on any atom is -0.393 e. The Bertz CT molecular complexity index is 215. The zero-order valence-electron chi connectivity index (χ0n) is 11.0. The van der Waals surface area contributed by atoms with E-state index in [4.69, 9.17) is 6.42 Å². The molecule has 94 valence electrons. The zero-order chi connectivity index (χ0) is 12.7. The summed E-state index contributed by atoms with van der Waals surface area (Å²) in [5.41, 5.74) is 0. The Kier molecular flexibility index (Phi) is 7.45. The molecule has 0 rings (SSSR count). The highest BCUT2D eigenvalue weighted by Gasteiger charge is 2.30. The molecule has 4 atom stereocenters. The third-order valence-corrected chi connectivity index (χ3v) is 3.48. The van der Waals surface area contributed by atoms with Crippen molar-refractivity contribution in [3.8, 4) is 12.3 Å². The predicted molar refractivity (Wildman–Crippen MR) is 67.9 cm³/mol. The van der Waals surface area contributed by atoms with Crippen LogP contribution in [0.2, 0.25) is 0 Å². The molecule has 0 fully saturated rings. The summed E-state index contributed by atoms with van der Waals surface area (Å²) in [6.07, 6.45) is 6.45. The number of aliphatic hydroxyl groups is 2. The molecule has 0 bridgehead atoms. The van der Waals surface area contributed by atoms with Crippen LogP contribution in [-0.4, -0.2) is 22.4 Å². The third-order valence-electron chi connectivity index (χ3n) is 3.48. The van der Waals surface area contributed by atoms with Crippen LogP contribution in [0.25, 0.3) is 0 Å². The van der Waals surface area contributed by atoms with Gasteiger partial charge in [-0.25, -0.2) is 0 Å². The van der Waals surface area contributed by atoms with E-state index in [1.54, 1.807) is 6.92 Å². The van der Waals surface area contributed by atoms with Gasteiger partial charge in [-0.05, 0) is 31.6 Å². The lowest BCUT2D eigenvalue weighted by Gasteiger charge is -2.33. The van der Waals surface area contributed by atoms with Crippen LogP contribution in [0.1, 0.15) is 47.0 Å². The van der Waals surface area contributed by atoms with Gasteiger partial charge in [-0.2, -0.15) is 0 Å². The van der Waals surface area contributed by atoms with Crippen LogP contribution in [0.3, 0.4) is 0 Å². The highest BCUT2D eigenvalue weighted by Crippen LogP contribution is 2.28. The monoisotopic (exact) mass is 226 g/mol. The topological polar surface area (TPSA) is 40.5 Å². The van der Waals surface area contributed by atoms with Gasteiger partial charge in [-0.15, -0.1) is 12.3 Å². The van der Waals surface area contributed by atoms with Gasteiger partial charge in [0, 0.05) is 12.3 Å². The largest absolute Gasteiger partial charge is 0.393 e. The van der Waals surface area contributed by atoms with E-state index >= 15 is 0 Å². The number of aliphatic hydroxyl groups excluding tert-OH is 2.